The Bertz CT molecular complexity index is 1080. The van der Waals surface area contributed by atoms with Gasteiger partial charge < -0.3 is 14.6 Å². The topological polar surface area (TPSA) is 104 Å². The van der Waals surface area contributed by atoms with Crippen molar-refractivity contribution in [3.05, 3.63) is 52.3 Å². The average molecular weight is 467 g/mol. The molecule has 0 radical (unpaired) electrons. The van der Waals surface area contributed by atoms with E-state index in [0.717, 1.165) is 10.9 Å². The molecule has 1 N–H and O–H groups in total. The average Bonchev–Trinajstić information content (AvgIpc) is 3.18. The van der Waals surface area contributed by atoms with E-state index in [-0.39, 0.29) is 19.4 Å². The molecule has 0 aromatic carbocycles. The molecule has 0 unspecified atom stereocenters. The van der Waals surface area contributed by atoms with E-state index in [4.69, 9.17) is 9.47 Å². The first-order valence-corrected chi connectivity index (χ1v) is 10.3. The summed E-state index contributed by atoms with van der Waals surface area (Å²) < 4.78 is 52.5. The summed E-state index contributed by atoms with van der Waals surface area (Å²) in [4.78, 5) is 29.1. The Balaban J connectivity index is 1.91. The minimum Gasteiger partial charge on any atom is -0.511 e. The zero-order valence-electron chi connectivity index (χ0n) is 18.2. The van der Waals surface area contributed by atoms with E-state index in [1.165, 1.54) is 6.20 Å². The van der Waals surface area contributed by atoms with Gasteiger partial charge in [-0.25, -0.2) is 0 Å². The third-order valence-electron chi connectivity index (χ3n) is 5.21. The fourth-order valence-electron chi connectivity index (χ4n) is 3.51. The molecule has 1 aliphatic carbocycles. The van der Waals surface area contributed by atoms with Crippen molar-refractivity contribution in [2.45, 2.75) is 45.3 Å². The molecule has 0 saturated carbocycles. The number of methoxy groups -OCH3 is 1. The lowest BCUT2D eigenvalue weighted by Crippen LogP contribution is -2.21. The van der Waals surface area contributed by atoms with E-state index in [1.807, 2.05) is 0 Å². The van der Waals surface area contributed by atoms with Gasteiger partial charge in [-0.2, -0.15) is 18.3 Å². The van der Waals surface area contributed by atoms with E-state index in [1.54, 1.807) is 20.1 Å². The SMILES string of the molecule is COCCCOc1ccnc(Cn2cc(C(=O)C3=C(O)CCCC3=O)c(C(F)(F)F)n2)c1C. The predicted molar refractivity (Wildman–Crippen MR) is 110 cm³/mol. The first kappa shape index (κ1) is 24.4. The first-order chi connectivity index (χ1) is 15.6. The number of aliphatic hydroxyl groups is 1. The number of carbonyl (C=O) groups is 2. The molecule has 178 valence electrons. The summed E-state index contributed by atoms with van der Waals surface area (Å²) in [6, 6.07) is 1.65. The molecule has 2 aromatic heterocycles. The molecule has 2 aromatic rings. The van der Waals surface area contributed by atoms with Crippen LogP contribution in [0.4, 0.5) is 13.2 Å². The Hall–Kier alpha value is -3.21. The summed E-state index contributed by atoms with van der Waals surface area (Å²) in [6.45, 7) is 2.48. The monoisotopic (exact) mass is 467 g/mol. The molecule has 3 rings (SSSR count). The number of ether oxygens (including phenoxy) is 2. The molecule has 0 bridgehead atoms. The quantitative estimate of drug-likeness (QED) is 0.340. The number of carbonyl (C=O) groups excluding carboxylic acids is 2. The van der Waals surface area contributed by atoms with Gasteiger partial charge in [-0.1, -0.05) is 0 Å². The van der Waals surface area contributed by atoms with Crippen LogP contribution in [0.15, 0.2) is 29.8 Å². The highest BCUT2D eigenvalue weighted by molar-refractivity contribution is 6.27. The number of hydrogen-bond donors (Lipinski definition) is 1. The number of allylic oxidation sites excluding steroid dienone is 2. The third kappa shape index (κ3) is 5.59. The van der Waals surface area contributed by atoms with Crippen LogP contribution in [0.1, 0.15) is 53.0 Å². The lowest BCUT2D eigenvalue weighted by Gasteiger charge is -2.14. The molecule has 0 saturated heterocycles. The molecule has 2 heterocycles. The Morgan fingerprint density at radius 1 is 1.27 bits per heavy atom. The summed E-state index contributed by atoms with van der Waals surface area (Å²) in [5.41, 5.74) is -1.79. The van der Waals surface area contributed by atoms with E-state index < -0.39 is 40.3 Å². The number of ketones is 2. The number of nitrogens with zero attached hydrogens (tertiary/aromatic N) is 3. The van der Waals surface area contributed by atoms with Crippen LogP contribution in [0.25, 0.3) is 0 Å². The number of rotatable bonds is 9. The van der Waals surface area contributed by atoms with Gasteiger partial charge in [0.15, 0.2) is 11.5 Å². The van der Waals surface area contributed by atoms with Crippen molar-refractivity contribution < 1.29 is 37.3 Å². The maximum Gasteiger partial charge on any atom is 0.435 e. The van der Waals surface area contributed by atoms with Crippen molar-refractivity contribution in [1.82, 2.24) is 14.8 Å². The van der Waals surface area contributed by atoms with E-state index in [0.29, 0.717) is 43.1 Å². The minimum absolute atomic E-state index is 0.0130. The third-order valence-corrected chi connectivity index (χ3v) is 5.21. The van der Waals surface area contributed by atoms with Gasteiger partial charge in [0.2, 0.25) is 5.78 Å². The van der Waals surface area contributed by atoms with Crippen LogP contribution < -0.4 is 4.74 Å². The first-order valence-electron chi connectivity index (χ1n) is 10.3. The Morgan fingerprint density at radius 2 is 2.03 bits per heavy atom. The molecule has 0 amide bonds. The summed E-state index contributed by atoms with van der Waals surface area (Å²) >= 11 is 0. The number of halogens is 3. The Kier molecular flexibility index (Phi) is 7.52. The predicted octanol–water partition coefficient (Wildman–Crippen LogP) is 3.82. The highest BCUT2D eigenvalue weighted by atomic mass is 19.4. The molecule has 0 atom stereocenters. The molecule has 0 aliphatic heterocycles. The lowest BCUT2D eigenvalue weighted by atomic mass is 9.90. The number of aliphatic hydroxyl groups excluding tert-OH is 1. The summed E-state index contributed by atoms with van der Waals surface area (Å²) in [5, 5.41) is 13.5. The normalized spacial score (nSPS) is 14.6. The van der Waals surface area contributed by atoms with Crippen molar-refractivity contribution in [2.75, 3.05) is 20.3 Å². The second kappa shape index (κ2) is 10.2. The van der Waals surface area contributed by atoms with Gasteiger partial charge in [0.05, 0.1) is 24.4 Å². The van der Waals surface area contributed by atoms with E-state index >= 15 is 0 Å². The summed E-state index contributed by atoms with van der Waals surface area (Å²) in [5.74, 6) is -1.83. The largest absolute Gasteiger partial charge is 0.511 e. The van der Waals surface area contributed by atoms with Gasteiger partial charge in [-0.05, 0) is 19.4 Å². The van der Waals surface area contributed by atoms with Crippen LogP contribution >= 0.6 is 0 Å². The van der Waals surface area contributed by atoms with E-state index in [9.17, 15) is 27.9 Å². The maximum absolute atomic E-state index is 13.6. The Labute approximate surface area is 188 Å². The van der Waals surface area contributed by atoms with Crippen molar-refractivity contribution in [2.24, 2.45) is 0 Å². The minimum atomic E-state index is -4.93. The molecule has 33 heavy (non-hydrogen) atoms. The van der Waals surface area contributed by atoms with Gasteiger partial charge in [0.1, 0.15) is 17.1 Å². The molecular formula is C22H24F3N3O5. The zero-order valence-corrected chi connectivity index (χ0v) is 18.2. The standard InChI is InChI=1S/C22H24F3N3O5/c1-13-15(26-8-7-18(13)33-10-4-9-32-2)12-28-11-14(21(27-28)22(23,24)25)20(31)19-16(29)5-3-6-17(19)30/h7-8,11,29H,3-6,9-10,12H2,1-2H3. The smallest absolute Gasteiger partial charge is 0.435 e. The second-order valence-corrected chi connectivity index (χ2v) is 7.59. The molecule has 0 spiro atoms. The second-order valence-electron chi connectivity index (χ2n) is 7.59. The fourth-order valence-corrected chi connectivity index (χ4v) is 3.51. The van der Waals surface area contributed by atoms with E-state index in [2.05, 4.69) is 10.1 Å². The number of aromatic nitrogens is 3. The molecule has 0 fully saturated rings. The van der Waals surface area contributed by atoms with Crippen LogP contribution in [0.5, 0.6) is 5.75 Å². The van der Waals surface area contributed by atoms with Crippen LogP contribution in [0.3, 0.4) is 0 Å². The van der Waals surface area contributed by atoms with Crippen molar-refractivity contribution in [3.8, 4) is 5.75 Å². The van der Waals surface area contributed by atoms with Crippen LogP contribution in [0.2, 0.25) is 0 Å². The molecule has 1 aliphatic rings. The fraction of sp³-hybridized carbons (Fsp3) is 0.455. The lowest BCUT2D eigenvalue weighted by molar-refractivity contribution is -0.141. The highest BCUT2D eigenvalue weighted by Gasteiger charge is 2.41. The summed E-state index contributed by atoms with van der Waals surface area (Å²) in [6.07, 6.45) is -1.49. The van der Waals surface area contributed by atoms with Gasteiger partial charge in [0, 0.05) is 50.9 Å². The number of hydrogen-bond acceptors (Lipinski definition) is 7. The molecule has 8 nitrogen and oxygen atoms in total. The maximum atomic E-state index is 13.6. The number of pyridine rings is 1. The Morgan fingerprint density at radius 3 is 2.70 bits per heavy atom. The van der Waals surface area contributed by atoms with Crippen molar-refractivity contribution in [1.29, 1.82) is 0 Å². The summed E-state index contributed by atoms with van der Waals surface area (Å²) in [7, 11) is 1.58. The number of alkyl halides is 3. The van der Waals surface area contributed by atoms with Gasteiger partial charge in [0.25, 0.3) is 0 Å². The van der Waals surface area contributed by atoms with Gasteiger partial charge in [-0.15, -0.1) is 0 Å². The van der Waals surface area contributed by atoms with Crippen molar-refractivity contribution >= 4 is 11.6 Å². The van der Waals surface area contributed by atoms with Crippen molar-refractivity contribution in [3.63, 3.8) is 0 Å². The molecular weight excluding hydrogens is 443 g/mol. The van der Waals surface area contributed by atoms with Crippen LogP contribution in [0, 0.1) is 6.92 Å². The van der Waals surface area contributed by atoms with Crippen LogP contribution in [-0.4, -0.2) is 51.8 Å². The van der Waals surface area contributed by atoms with Gasteiger partial charge >= 0.3 is 6.18 Å². The molecule has 11 heteroatoms. The highest BCUT2D eigenvalue weighted by Crippen LogP contribution is 2.33. The van der Waals surface area contributed by atoms with Crippen LogP contribution in [-0.2, 0) is 22.3 Å². The zero-order chi connectivity index (χ0) is 24.2. The van der Waals surface area contributed by atoms with Gasteiger partial charge in [-0.3, -0.25) is 19.3 Å². The number of Topliss-reactive ketones (excluding diaryl/α,β-unsaturated/α-hetero) is 2.